The molecule has 0 aliphatic carbocycles. The van der Waals surface area contributed by atoms with E-state index in [1.807, 2.05) is 0 Å². The number of halogens is 3. The number of hydrogen-bond donors (Lipinski definition) is 1. The Morgan fingerprint density at radius 1 is 1.46 bits per heavy atom. The van der Waals surface area contributed by atoms with Gasteiger partial charge in [0.15, 0.2) is 0 Å². The number of alkyl halides is 2. The minimum atomic E-state index is -2.73. The summed E-state index contributed by atoms with van der Waals surface area (Å²) in [6, 6.07) is 3.48. The fourth-order valence-electron chi connectivity index (χ4n) is 0.692. The summed E-state index contributed by atoms with van der Waals surface area (Å²) < 4.78 is 23.9. The van der Waals surface area contributed by atoms with Crippen LogP contribution in [0.2, 0.25) is 0 Å². The minimum absolute atomic E-state index is 0. The van der Waals surface area contributed by atoms with Crippen LogP contribution >= 0.6 is 12.4 Å². The number of aromatic carboxylic acids is 1. The zero-order valence-electron chi connectivity index (χ0n) is 6.28. The van der Waals surface area contributed by atoms with Crippen molar-refractivity contribution in [3.63, 3.8) is 0 Å². The second-order valence-electron chi connectivity index (χ2n) is 2.05. The molecule has 1 aromatic rings. The summed E-state index contributed by atoms with van der Waals surface area (Å²) in [4.78, 5) is 13.5. The first-order chi connectivity index (χ1) is 5.61. The van der Waals surface area contributed by atoms with E-state index in [4.69, 9.17) is 5.11 Å². The molecular formula is C7H6ClF2NO2. The van der Waals surface area contributed by atoms with Gasteiger partial charge in [-0.1, -0.05) is 6.07 Å². The molecule has 0 amide bonds. The van der Waals surface area contributed by atoms with E-state index in [2.05, 4.69) is 4.98 Å². The van der Waals surface area contributed by atoms with Gasteiger partial charge < -0.3 is 5.11 Å². The lowest BCUT2D eigenvalue weighted by Crippen LogP contribution is -2.02. The van der Waals surface area contributed by atoms with Crippen LogP contribution in [0.25, 0.3) is 0 Å². The number of carboxylic acid groups (broad SMARTS) is 1. The molecule has 0 aromatic carbocycles. The van der Waals surface area contributed by atoms with Crippen LogP contribution in [0.3, 0.4) is 0 Å². The highest BCUT2D eigenvalue weighted by Crippen LogP contribution is 2.15. The Balaban J connectivity index is 0.00000144. The number of hydrogen-bond acceptors (Lipinski definition) is 2. The van der Waals surface area contributed by atoms with Gasteiger partial charge in [0, 0.05) is 0 Å². The van der Waals surface area contributed by atoms with Crippen LogP contribution in [0.15, 0.2) is 18.2 Å². The number of carbonyl (C=O) groups is 1. The van der Waals surface area contributed by atoms with Crippen molar-refractivity contribution in [2.75, 3.05) is 0 Å². The molecule has 72 valence electrons. The number of rotatable bonds is 2. The van der Waals surface area contributed by atoms with E-state index in [9.17, 15) is 13.6 Å². The van der Waals surface area contributed by atoms with Crippen molar-refractivity contribution in [2.24, 2.45) is 0 Å². The largest absolute Gasteiger partial charge is 0.477 e. The second-order valence-corrected chi connectivity index (χ2v) is 2.05. The van der Waals surface area contributed by atoms with Crippen LogP contribution in [0, 0.1) is 0 Å². The zero-order valence-corrected chi connectivity index (χ0v) is 7.09. The third-order valence-electron chi connectivity index (χ3n) is 1.21. The van der Waals surface area contributed by atoms with Gasteiger partial charge in [-0.05, 0) is 12.1 Å². The predicted molar refractivity (Wildman–Crippen MR) is 43.4 cm³/mol. The fourth-order valence-corrected chi connectivity index (χ4v) is 0.692. The van der Waals surface area contributed by atoms with E-state index in [1.165, 1.54) is 6.07 Å². The van der Waals surface area contributed by atoms with Gasteiger partial charge >= 0.3 is 5.97 Å². The van der Waals surface area contributed by atoms with Gasteiger partial charge in [-0.3, -0.25) is 0 Å². The monoisotopic (exact) mass is 209 g/mol. The smallest absolute Gasteiger partial charge is 0.354 e. The van der Waals surface area contributed by atoms with Crippen molar-refractivity contribution in [1.29, 1.82) is 0 Å². The summed E-state index contributed by atoms with van der Waals surface area (Å²) in [6.07, 6.45) is -2.73. The topological polar surface area (TPSA) is 50.2 Å². The van der Waals surface area contributed by atoms with Gasteiger partial charge in [0.05, 0.1) is 0 Å². The van der Waals surface area contributed by atoms with Gasteiger partial charge in [-0.25, -0.2) is 18.6 Å². The SMILES string of the molecule is Cl.O=C(O)c1cccc(C(F)F)n1. The molecule has 0 saturated heterocycles. The van der Waals surface area contributed by atoms with Gasteiger partial charge in [-0.15, -0.1) is 12.4 Å². The normalized spacial score (nSPS) is 9.46. The third kappa shape index (κ3) is 2.95. The maximum absolute atomic E-state index is 12.0. The summed E-state index contributed by atoms with van der Waals surface area (Å²) in [7, 11) is 0. The van der Waals surface area contributed by atoms with Crippen LogP contribution in [-0.2, 0) is 0 Å². The molecular weight excluding hydrogens is 204 g/mol. The molecule has 0 bridgehead atoms. The first kappa shape index (κ1) is 11.8. The van der Waals surface area contributed by atoms with Crippen LogP contribution < -0.4 is 0 Å². The molecule has 0 radical (unpaired) electrons. The first-order valence-electron chi connectivity index (χ1n) is 3.09. The Bertz CT molecular complexity index is 306. The molecule has 1 aromatic heterocycles. The molecule has 0 unspecified atom stereocenters. The van der Waals surface area contributed by atoms with E-state index in [0.717, 1.165) is 12.1 Å². The molecule has 3 nitrogen and oxygen atoms in total. The number of aromatic nitrogens is 1. The van der Waals surface area contributed by atoms with Crippen molar-refractivity contribution >= 4 is 18.4 Å². The summed E-state index contributed by atoms with van der Waals surface area (Å²) in [6.45, 7) is 0. The molecule has 13 heavy (non-hydrogen) atoms. The van der Waals surface area contributed by atoms with Crippen molar-refractivity contribution < 1.29 is 18.7 Å². The molecule has 6 heteroatoms. The standard InChI is InChI=1S/C7H5F2NO2.ClH/c8-6(9)4-2-1-3-5(10-4)7(11)12;/h1-3,6H,(H,11,12);1H. The van der Waals surface area contributed by atoms with E-state index in [1.54, 1.807) is 0 Å². The lowest BCUT2D eigenvalue weighted by molar-refractivity contribution is 0.0688. The number of carboxylic acids is 1. The summed E-state index contributed by atoms with van der Waals surface area (Å²) >= 11 is 0. The van der Waals surface area contributed by atoms with E-state index < -0.39 is 18.1 Å². The molecule has 0 saturated carbocycles. The van der Waals surface area contributed by atoms with E-state index >= 15 is 0 Å². The highest BCUT2D eigenvalue weighted by atomic mass is 35.5. The summed E-state index contributed by atoms with van der Waals surface area (Å²) in [5.74, 6) is -1.31. The van der Waals surface area contributed by atoms with Crippen molar-refractivity contribution in [2.45, 2.75) is 6.43 Å². The van der Waals surface area contributed by atoms with Crippen LogP contribution in [0.1, 0.15) is 22.6 Å². The Hall–Kier alpha value is -1.23. The average Bonchev–Trinajstić information content (AvgIpc) is 2.04. The highest BCUT2D eigenvalue weighted by molar-refractivity contribution is 5.85. The maximum Gasteiger partial charge on any atom is 0.354 e. The molecule has 1 heterocycles. The van der Waals surface area contributed by atoms with Crippen LogP contribution in [0.5, 0.6) is 0 Å². The molecule has 0 spiro atoms. The average molecular weight is 210 g/mol. The van der Waals surface area contributed by atoms with Gasteiger partial charge in [0.25, 0.3) is 6.43 Å². The Kier molecular flexibility index (Phi) is 4.27. The van der Waals surface area contributed by atoms with Gasteiger partial charge in [0.2, 0.25) is 0 Å². The van der Waals surface area contributed by atoms with Crippen molar-refractivity contribution in [1.82, 2.24) is 4.98 Å². The first-order valence-corrected chi connectivity index (χ1v) is 3.09. The third-order valence-corrected chi connectivity index (χ3v) is 1.21. The predicted octanol–water partition coefficient (Wildman–Crippen LogP) is 2.14. The van der Waals surface area contributed by atoms with Crippen LogP contribution in [0.4, 0.5) is 8.78 Å². The van der Waals surface area contributed by atoms with Crippen molar-refractivity contribution in [3.8, 4) is 0 Å². The second kappa shape index (κ2) is 4.71. The summed E-state index contributed by atoms with van der Waals surface area (Å²) in [5, 5.41) is 8.38. The Morgan fingerprint density at radius 3 is 2.54 bits per heavy atom. The zero-order chi connectivity index (χ0) is 9.14. The molecule has 0 atom stereocenters. The maximum atomic E-state index is 12.0. The highest BCUT2D eigenvalue weighted by Gasteiger charge is 2.11. The van der Waals surface area contributed by atoms with E-state index in [-0.39, 0.29) is 18.1 Å². The lowest BCUT2D eigenvalue weighted by Gasteiger charge is -1.98. The van der Waals surface area contributed by atoms with Crippen molar-refractivity contribution in [3.05, 3.63) is 29.6 Å². The lowest BCUT2D eigenvalue weighted by atomic mass is 10.3. The molecule has 0 aliphatic heterocycles. The van der Waals surface area contributed by atoms with E-state index in [0.29, 0.717) is 0 Å². The fraction of sp³-hybridized carbons (Fsp3) is 0.143. The Morgan fingerprint density at radius 2 is 2.08 bits per heavy atom. The molecule has 1 rings (SSSR count). The van der Waals surface area contributed by atoms with Gasteiger partial charge in [-0.2, -0.15) is 0 Å². The van der Waals surface area contributed by atoms with Crippen LogP contribution in [-0.4, -0.2) is 16.1 Å². The minimum Gasteiger partial charge on any atom is -0.477 e. The number of nitrogens with zero attached hydrogens (tertiary/aromatic N) is 1. The molecule has 1 N–H and O–H groups in total. The molecule has 0 aliphatic rings. The number of pyridine rings is 1. The van der Waals surface area contributed by atoms with Gasteiger partial charge in [0.1, 0.15) is 11.4 Å². The quantitative estimate of drug-likeness (QED) is 0.812. The summed E-state index contributed by atoms with van der Waals surface area (Å²) in [5.41, 5.74) is -0.886. The molecule has 0 fully saturated rings. The Labute approximate surface area is 78.8 Å².